The minimum atomic E-state index is -0.0887. The Hall–Kier alpha value is -2.49. The van der Waals surface area contributed by atoms with Gasteiger partial charge in [0, 0.05) is 34.0 Å². The predicted octanol–water partition coefficient (Wildman–Crippen LogP) is 2.73. The highest BCUT2D eigenvalue weighted by atomic mass is 127. The first-order valence-corrected chi connectivity index (χ1v) is 9.24. The third kappa shape index (κ3) is 4.57. The lowest BCUT2D eigenvalue weighted by molar-refractivity contribution is 0.0955. The van der Waals surface area contributed by atoms with E-state index >= 15 is 0 Å². The van der Waals surface area contributed by atoms with Crippen LogP contribution < -0.4 is 10.6 Å². The van der Waals surface area contributed by atoms with Crippen molar-refractivity contribution in [2.75, 3.05) is 18.4 Å². The van der Waals surface area contributed by atoms with Crippen molar-refractivity contribution in [1.82, 2.24) is 25.1 Å². The largest absolute Gasteiger partial charge is 0.368 e. The zero-order valence-electron chi connectivity index (χ0n) is 14.5. The first kappa shape index (κ1) is 18.3. The lowest BCUT2D eigenvalue weighted by Gasteiger charge is -2.09. The number of rotatable bonds is 6. The number of carbonyl (C=O) groups excluding carboxylic acids is 1. The number of hydrogen-bond acceptors (Lipinski definition) is 5. The number of benzene rings is 1. The average molecular weight is 462 g/mol. The van der Waals surface area contributed by atoms with E-state index in [1.165, 1.54) is 6.33 Å². The molecule has 0 saturated heterocycles. The second-order valence-corrected chi connectivity index (χ2v) is 7.04. The predicted molar refractivity (Wildman–Crippen MR) is 109 cm³/mol. The fourth-order valence-electron chi connectivity index (χ4n) is 2.49. The smallest absolute Gasteiger partial charge is 0.251 e. The zero-order chi connectivity index (χ0) is 18.5. The fourth-order valence-corrected chi connectivity index (χ4v) is 2.85. The molecule has 0 radical (unpaired) electrons. The van der Waals surface area contributed by atoms with Crippen LogP contribution in [0.2, 0.25) is 0 Å². The maximum Gasteiger partial charge on any atom is 0.251 e. The minimum Gasteiger partial charge on any atom is -0.368 e. The zero-order valence-corrected chi connectivity index (χ0v) is 16.7. The molecule has 7 nitrogen and oxygen atoms in total. The van der Waals surface area contributed by atoms with Crippen molar-refractivity contribution in [3.8, 4) is 5.82 Å². The highest BCUT2D eigenvalue weighted by Crippen LogP contribution is 2.12. The molecule has 1 amide bonds. The molecular weight excluding hydrogens is 443 g/mol. The van der Waals surface area contributed by atoms with E-state index in [4.69, 9.17) is 0 Å². The molecule has 1 aromatic carbocycles. The van der Waals surface area contributed by atoms with Crippen molar-refractivity contribution in [2.24, 2.45) is 0 Å². The molecule has 2 N–H and O–H groups in total. The van der Waals surface area contributed by atoms with Crippen LogP contribution in [0.25, 0.3) is 5.82 Å². The van der Waals surface area contributed by atoms with Gasteiger partial charge in [-0.05, 0) is 66.8 Å². The van der Waals surface area contributed by atoms with E-state index in [2.05, 4.69) is 48.3 Å². The third-order valence-electron chi connectivity index (χ3n) is 3.70. The molecule has 0 aliphatic rings. The van der Waals surface area contributed by atoms with Crippen LogP contribution in [0.15, 0.2) is 42.7 Å². The number of amides is 1. The molecule has 2 aromatic heterocycles. The molecule has 0 aliphatic heterocycles. The Kier molecular flexibility index (Phi) is 5.82. The number of nitrogens with one attached hydrogen (secondary N) is 2. The van der Waals surface area contributed by atoms with Gasteiger partial charge in [-0.2, -0.15) is 5.10 Å². The molecule has 8 heteroatoms. The average Bonchev–Trinajstić information content (AvgIpc) is 2.98. The lowest BCUT2D eigenvalue weighted by Crippen LogP contribution is -2.28. The summed E-state index contributed by atoms with van der Waals surface area (Å²) in [4.78, 5) is 20.5. The van der Waals surface area contributed by atoms with Crippen LogP contribution in [0.3, 0.4) is 0 Å². The molecule has 3 rings (SSSR count). The molecule has 134 valence electrons. The van der Waals surface area contributed by atoms with Gasteiger partial charge in [0.05, 0.1) is 5.69 Å². The molecule has 2 heterocycles. The number of aromatic nitrogens is 4. The van der Waals surface area contributed by atoms with Crippen LogP contribution in [0.4, 0.5) is 5.82 Å². The van der Waals surface area contributed by atoms with Crippen molar-refractivity contribution in [3.63, 3.8) is 0 Å². The normalized spacial score (nSPS) is 10.6. The number of halogens is 1. The van der Waals surface area contributed by atoms with Crippen LogP contribution in [0.5, 0.6) is 0 Å². The van der Waals surface area contributed by atoms with E-state index in [0.29, 0.717) is 30.3 Å². The maximum atomic E-state index is 12.1. The summed E-state index contributed by atoms with van der Waals surface area (Å²) in [5.41, 5.74) is 2.60. The van der Waals surface area contributed by atoms with Gasteiger partial charge in [-0.1, -0.05) is 0 Å². The summed E-state index contributed by atoms with van der Waals surface area (Å²) in [5, 5.41) is 10.5. The van der Waals surface area contributed by atoms with Gasteiger partial charge in [0.25, 0.3) is 5.91 Å². The first-order chi connectivity index (χ1) is 12.5. The Bertz CT molecular complexity index is 906. The highest BCUT2D eigenvalue weighted by molar-refractivity contribution is 14.1. The van der Waals surface area contributed by atoms with Crippen molar-refractivity contribution in [2.45, 2.75) is 13.8 Å². The second-order valence-electron chi connectivity index (χ2n) is 5.79. The van der Waals surface area contributed by atoms with Crippen LogP contribution in [-0.4, -0.2) is 38.7 Å². The molecule has 3 aromatic rings. The SMILES string of the molecule is Cc1cc(C)n(-c2cc(NCCNC(=O)c3ccc(I)cc3)ncn2)n1. The van der Waals surface area contributed by atoms with Gasteiger partial charge in [0.1, 0.15) is 12.1 Å². The van der Waals surface area contributed by atoms with Crippen LogP contribution in [0.1, 0.15) is 21.7 Å². The van der Waals surface area contributed by atoms with Crippen molar-refractivity contribution in [3.05, 3.63) is 63.2 Å². The molecular formula is C18H19IN6O. The van der Waals surface area contributed by atoms with Crippen LogP contribution in [-0.2, 0) is 0 Å². The van der Waals surface area contributed by atoms with Gasteiger partial charge < -0.3 is 10.6 Å². The molecule has 26 heavy (non-hydrogen) atoms. The Balaban J connectivity index is 1.54. The quantitative estimate of drug-likeness (QED) is 0.435. The van der Waals surface area contributed by atoms with Gasteiger partial charge >= 0.3 is 0 Å². The summed E-state index contributed by atoms with van der Waals surface area (Å²) in [6.45, 7) is 4.98. The summed E-state index contributed by atoms with van der Waals surface area (Å²) in [6.07, 6.45) is 1.50. The van der Waals surface area contributed by atoms with Crippen molar-refractivity contribution < 1.29 is 4.79 Å². The lowest BCUT2D eigenvalue weighted by atomic mass is 10.2. The van der Waals surface area contributed by atoms with Gasteiger partial charge in [0.2, 0.25) is 0 Å². The van der Waals surface area contributed by atoms with E-state index in [9.17, 15) is 4.79 Å². The van der Waals surface area contributed by atoms with Crippen LogP contribution in [0, 0.1) is 17.4 Å². The Morgan fingerprint density at radius 1 is 1.12 bits per heavy atom. The molecule has 0 aliphatic carbocycles. The number of nitrogens with zero attached hydrogens (tertiary/aromatic N) is 4. The number of anilines is 1. The molecule has 0 bridgehead atoms. The Morgan fingerprint density at radius 2 is 1.88 bits per heavy atom. The van der Waals surface area contributed by atoms with E-state index in [0.717, 1.165) is 15.0 Å². The Labute approximate surface area is 165 Å². The fraction of sp³-hybridized carbons (Fsp3) is 0.222. The number of hydrogen-bond donors (Lipinski definition) is 2. The summed E-state index contributed by atoms with van der Waals surface area (Å²) >= 11 is 2.21. The summed E-state index contributed by atoms with van der Waals surface area (Å²) in [7, 11) is 0. The molecule has 0 unspecified atom stereocenters. The maximum absolute atomic E-state index is 12.1. The van der Waals surface area contributed by atoms with E-state index in [1.54, 1.807) is 4.68 Å². The molecule has 0 saturated carbocycles. The van der Waals surface area contributed by atoms with Crippen molar-refractivity contribution in [1.29, 1.82) is 0 Å². The topological polar surface area (TPSA) is 84.7 Å². The van der Waals surface area contributed by atoms with Crippen LogP contribution >= 0.6 is 22.6 Å². The van der Waals surface area contributed by atoms with Gasteiger partial charge in [-0.15, -0.1) is 0 Å². The molecule has 0 fully saturated rings. The number of carbonyl (C=O) groups is 1. The van der Waals surface area contributed by atoms with Gasteiger partial charge in [0.15, 0.2) is 5.82 Å². The molecule has 0 spiro atoms. The third-order valence-corrected chi connectivity index (χ3v) is 4.42. The highest BCUT2D eigenvalue weighted by Gasteiger charge is 2.07. The van der Waals surface area contributed by atoms with E-state index in [-0.39, 0.29) is 5.91 Å². The van der Waals surface area contributed by atoms with E-state index < -0.39 is 0 Å². The summed E-state index contributed by atoms with van der Waals surface area (Å²) in [6, 6.07) is 11.3. The minimum absolute atomic E-state index is 0.0887. The van der Waals surface area contributed by atoms with Gasteiger partial charge in [-0.3, -0.25) is 4.79 Å². The van der Waals surface area contributed by atoms with E-state index in [1.807, 2.05) is 50.2 Å². The van der Waals surface area contributed by atoms with Crippen molar-refractivity contribution >= 4 is 34.3 Å². The van der Waals surface area contributed by atoms with Gasteiger partial charge in [-0.25, -0.2) is 14.6 Å². The summed E-state index contributed by atoms with van der Waals surface area (Å²) < 4.78 is 2.88. The Morgan fingerprint density at radius 3 is 2.58 bits per heavy atom. The standard InChI is InChI=1S/C18H19IN6O/c1-12-9-13(2)25(24-12)17-10-16(22-11-23-17)20-7-8-21-18(26)14-3-5-15(19)6-4-14/h3-6,9-11H,7-8H2,1-2H3,(H,21,26)(H,20,22,23). The molecule has 0 atom stereocenters. The second kappa shape index (κ2) is 8.26. The first-order valence-electron chi connectivity index (χ1n) is 8.16. The summed E-state index contributed by atoms with van der Waals surface area (Å²) in [5.74, 6) is 1.30. The monoisotopic (exact) mass is 462 g/mol. The number of aryl methyl sites for hydroxylation is 2.